The van der Waals surface area contributed by atoms with Crippen LogP contribution in [0.25, 0.3) is 22.3 Å². The molecular weight excluding hydrogens is 474 g/mol. The summed E-state index contributed by atoms with van der Waals surface area (Å²) in [6.45, 7) is 5.22. The van der Waals surface area contributed by atoms with Gasteiger partial charge in [0.05, 0.1) is 23.0 Å². The zero-order chi connectivity index (χ0) is 25.9. The number of anilines is 1. The average molecular weight is 493 g/mol. The van der Waals surface area contributed by atoms with E-state index >= 15 is 0 Å². The Kier molecular flexibility index (Phi) is 6.77. The van der Waals surface area contributed by atoms with Crippen LogP contribution in [0.2, 0.25) is 0 Å². The van der Waals surface area contributed by atoms with Crippen molar-refractivity contribution in [3.8, 4) is 11.1 Å². The zero-order valence-corrected chi connectivity index (χ0v) is 18.9. The summed E-state index contributed by atoms with van der Waals surface area (Å²) in [5, 5.41) is 6.71. The predicted octanol–water partition coefficient (Wildman–Crippen LogP) is 6.42. The van der Waals surface area contributed by atoms with E-state index in [0.717, 1.165) is 29.8 Å². The molecule has 0 radical (unpaired) electrons. The first-order valence-corrected chi connectivity index (χ1v) is 10.6. The second-order valence-electron chi connectivity index (χ2n) is 7.72. The first-order chi connectivity index (χ1) is 17.2. The number of aliphatic imine (C=N–C) groups is 1. The van der Waals surface area contributed by atoms with Gasteiger partial charge < -0.3 is 5.32 Å². The number of imidazole rings is 1. The number of aromatic nitrogens is 3. The Labute approximate surface area is 203 Å². The number of carbonyl (C=O) groups is 1. The number of hydrogen-bond donors (Lipinski definition) is 1. The van der Waals surface area contributed by atoms with Gasteiger partial charge in [-0.1, -0.05) is 12.1 Å². The lowest BCUT2D eigenvalue weighted by atomic mass is 9.99. The standard InChI is InChI=1S/C26H19F4N5O/c1-16(4-3-12-31-2)23-15-32-24-20(11-13-33-35(23)24)17-5-10-22(26(28,29)30)21(14-17)25(36)34-19-8-6-18(27)7-9-19/h3-15H,2H2,1H3,(H,34,36)/b12-3-,16-4+. The van der Waals surface area contributed by atoms with Crippen LogP contribution in [0.1, 0.15) is 28.5 Å². The summed E-state index contributed by atoms with van der Waals surface area (Å²) >= 11 is 0. The molecule has 1 amide bonds. The van der Waals surface area contributed by atoms with Crippen molar-refractivity contribution in [2.24, 2.45) is 4.99 Å². The molecule has 0 aliphatic carbocycles. The number of rotatable bonds is 6. The summed E-state index contributed by atoms with van der Waals surface area (Å²) in [6, 6.07) is 9.62. The third kappa shape index (κ3) is 5.07. The summed E-state index contributed by atoms with van der Waals surface area (Å²) in [7, 11) is 0. The van der Waals surface area contributed by atoms with Crippen LogP contribution in [0.5, 0.6) is 0 Å². The third-order valence-corrected chi connectivity index (χ3v) is 5.33. The summed E-state index contributed by atoms with van der Waals surface area (Å²) in [5.74, 6) is -1.52. The van der Waals surface area contributed by atoms with Crippen molar-refractivity contribution in [1.29, 1.82) is 0 Å². The number of hydrogen-bond acceptors (Lipinski definition) is 4. The van der Waals surface area contributed by atoms with Gasteiger partial charge in [-0.05, 0) is 73.3 Å². The maximum Gasteiger partial charge on any atom is 0.417 e. The number of fused-ring (bicyclic) bond motifs is 1. The highest BCUT2D eigenvalue weighted by Gasteiger charge is 2.35. The molecule has 2 aromatic carbocycles. The van der Waals surface area contributed by atoms with Crippen molar-refractivity contribution < 1.29 is 22.4 Å². The van der Waals surface area contributed by atoms with Gasteiger partial charge in [0.15, 0.2) is 5.65 Å². The monoisotopic (exact) mass is 493 g/mol. The highest BCUT2D eigenvalue weighted by atomic mass is 19.4. The maximum atomic E-state index is 13.7. The molecule has 0 unspecified atom stereocenters. The zero-order valence-electron chi connectivity index (χ0n) is 18.9. The predicted molar refractivity (Wildman–Crippen MR) is 130 cm³/mol. The lowest BCUT2D eigenvalue weighted by molar-refractivity contribution is -0.137. The maximum absolute atomic E-state index is 13.7. The topological polar surface area (TPSA) is 71.7 Å². The van der Waals surface area contributed by atoms with Crippen LogP contribution in [-0.4, -0.2) is 27.2 Å². The number of nitrogens with zero attached hydrogens (tertiary/aromatic N) is 4. The molecular formula is C26H19F4N5O. The van der Waals surface area contributed by atoms with Gasteiger partial charge in [-0.3, -0.25) is 9.79 Å². The number of halogens is 4. The second kappa shape index (κ2) is 9.95. The minimum atomic E-state index is -4.77. The van der Waals surface area contributed by atoms with Crippen LogP contribution in [-0.2, 0) is 6.18 Å². The molecule has 2 heterocycles. The molecule has 0 aliphatic heterocycles. The Bertz CT molecular complexity index is 1500. The average Bonchev–Trinajstić information content (AvgIpc) is 3.29. The van der Waals surface area contributed by atoms with E-state index in [1.165, 1.54) is 30.6 Å². The summed E-state index contributed by atoms with van der Waals surface area (Å²) in [5.41, 5.74) is 1.19. The largest absolute Gasteiger partial charge is 0.417 e. The number of allylic oxidation sites excluding steroid dienone is 3. The van der Waals surface area contributed by atoms with E-state index in [1.54, 1.807) is 28.9 Å². The van der Waals surface area contributed by atoms with Gasteiger partial charge in [0.1, 0.15) is 5.82 Å². The van der Waals surface area contributed by atoms with Crippen LogP contribution in [0, 0.1) is 5.82 Å². The minimum Gasteiger partial charge on any atom is -0.322 e. The molecule has 1 N–H and O–H groups in total. The Hall–Kier alpha value is -4.60. The number of carbonyl (C=O) groups excluding carboxylic acids is 1. The van der Waals surface area contributed by atoms with Crippen LogP contribution >= 0.6 is 0 Å². The van der Waals surface area contributed by atoms with Gasteiger partial charge in [0, 0.05) is 23.6 Å². The Morgan fingerprint density at radius 3 is 2.58 bits per heavy atom. The van der Waals surface area contributed by atoms with Gasteiger partial charge in [0.25, 0.3) is 5.91 Å². The minimum absolute atomic E-state index is 0.159. The van der Waals surface area contributed by atoms with Crippen molar-refractivity contribution in [3.05, 3.63) is 102 Å². The van der Waals surface area contributed by atoms with Crippen LogP contribution < -0.4 is 5.32 Å². The van der Waals surface area contributed by atoms with Crippen molar-refractivity contribution in [2.45, 2.75) is 13.1 Å². The second-order valence-corrected chi connectivity index (χ2v) is 7.72. The van der Waals surface area contributed by atoms with Crippen molar-refractivity contribution >= 4 is 29.5 Å². The Morgan fingerprint density at radius 1 is 1.14 bits per heavy atom. The quantitative estimate of drug-likeness (QED) is 0.191. The lowest BCUT2D eigenvalue weighted by Gasteiger charge is -2.15. The van der Waals surface area contributed by atoms with E-state index in [1.807, 2.05) is 6.92 Å². The van der Waals surface area contributed by atoms with E-state index < -0.39 is 29.0 Å². The summed E-state index contributed by atoms with van der Waals surface area (Å²) in [4.78, 5) is 20.9. The molecule has 0 spiro atoms. The van der Waals surface area contributed by atoms with Gasteiger partial charge in [0.2, 0.25) is 0 Å². The van der Waals surface area contributed by atoms with Crippen molar-refractivity contribution in [3.63, 3.8) is 0 Å². The first kappa shape index (κ1) is 24.5. The van der Waals surface area contributed by atoms with E-state index in [-0.39, 0.29) is 5.69 Å². The summed E-state index contributed by atoms with van der Waals surface area (Å²) in [6.07, 6.45) is 3.34. The number of nitrogens with one attached hydrogen (secondary N) is 1. The van der Waals surface area contributed by atoms with Crippen molar-refractivity contribution in [1.82, 2.24) is 14.6 Å². The fourth-order valence-corrected chi connectivity index (χ4v) is 3.60. The molecule has 2 aromatic heterocycles. The summed E-state index contributed by atoms with van der Waals surface area (Å²) < 4.78 is 55.9. The molecule has 0 saturated carbocycles. The van der Waals surface area contributed by atoms with Crippen molar-refractivity contribution in [2.75, 3.05) is 5.32 Å². The van der Waals surface area contributed by atoms with E-state index in [0.29, 0.717) is 22.5 Å². The molecule has 0 bridgehead atoms. The fourth-order valence-electron chi connectivity index (χ4n) is 3.60. The Balaban J connectivity index is 1.79. The molecule has 0 saturated heterocycles. The van der Waals surface area contributed by atoms with Crippen LogP contribution in [0.4, 0.5) is 23.2 Å². The normalized spacial score (nSPS) is 12.3. The van der Waals surface area contributed by atoms with Gasteiger partial charge in [-0.25, -0.2) is 13.9 Å². The molecule has 0 atom stereocenters. The lowest BCUT2D eigenvalue weighted by Crippen LogP contribution is -2.19. The SMILES string of the molecule is C=N/C=C\C=C(/C)c1cnc2c(-c3ccc(C(F)(F)F)c(C(=O)Nc4ccc(F)cc4)c3)ccnn12. The highest BCUT2D eigenvalue weighted by Crippen LogP contribution is 2.35. The van der Waals surface area contributed by atoms with E-state index in [9.17, 15) is 22.4 Å². The van der Waals surface area contributed by atoms with Crippen LogP contribution in [0.3, 0.4) is 0 Å². The third-order valence-electron chi connectivity index (χ3n) is 5.33. The molecule has 10 heteroatoms. The number of benzene rings is 2. The van der Waals surface area contributed by atoms with Gasteiger partial charge >= 0.3 is 6.18 Å². The van der Waals surface area contributed by atoms with E-state index in [2.05, 4.69) is 27.1 Å². The molecule has 182 valence electrons. The first-order valence-electron chi connectivity index (χ1n) is 10.6. The molecule has 4 aromatic rings. The smallest absolute Gasteiger partial charge is 0.322 e. The molecule has 4 rings (SSSR count). The number of alkyl halides is 3. The highest BCUT2D eigenvalue weighted by molar-refractivity contribution is 6.06. The van der Waals surface area contributed by atoms with Gasteiger partial charge in [-0.15, -0.1) is 0 Å². The Morgan fingerprint density at radius 2 is 1.89 bits per heavy atom. The molecule has 6 nitrogen and oxygen atoms in total. The number of amides is 1. The van der Waals surface area contributed by atoms with Crippen LogP contribution in [0.15, 0.2) is 84.3 Å². The van der Waals surface area contributed by atoms with E-state index in [4.69, 9.17) is 0 Å². The molecule has 0 fully saturated rings. The molecule has 0 aliphatic rings. The fraction of sp³-hybridized carbons (Fsp3) is 0.0769. The molecule has 36 heavy (non-hydrogen) atoms. The van der Waals surface area contributed by atoms with Gasteiger partial charge in [-0.2, -0.15) is 18.3 Å².